The van der Waals surface area contributed by atoms with Crippen molar-refractivity contribution < 1.29 is 0 Å². The molecule has 0 saturated carbocycles. The third-order valence-electron chi connectivity index (χ3n) is 7.17. The molecule has 0 fully saturated rings. The van der Waals surface area contributed by atoms with Crippen molar-refractivity contribution in [2.24, 2.45) is 0 Å². The summed E-state index contributed by atoms with van der Waals surface area (Å²) in [6.45, 7) is 4.60. The van der Waals surface area contributed by atoms with Gasteiger partial charge in [0.25, 0.3) is 0 Å². The molecule has 0 amide bonds. The molecular formula is C31H63N. The second-order valence-electron chi connectivity index (χ2n) is 10.6. The van der Waals surface area contributed by atoms with E-state index in [9.17, 15) is 0 Å². The Bertz CT molecular complexity index is 359. The van der Waals surface area contributed by atoms with Gasteiger partial charge >= 0.3 is 0 Å². The SMILES string of the molecule is CCCCCCCCCCCCCCC=CCCCC(CCCCCCCCC)N(C)C. The molecule has 0 aliphatic carbocycles. The monoisotopic (exact) mass is 449 g/mol. The maximum Gasteiger partial charge on any atom is 0.00892 e. The van der Waals surface area contributed by atoms with Gasteiger partial charge in [0.15, 0.2) is 0 Å². The average molecular weight is 450 g/mol. The molecule has 0 bridgehead atoms. The second kappa shape index (κ2) is 26.9. The minimum atomic E-state index is 0.787. The molecule has 0 aromatic carbocycles. The smallest absolute Gasteiger partial charge is 0.00892 e. The molecule has 0 aliphatic rings. The molecule has 0 aromatic rings. The first kappa shape index (κ1) is 31.7. The number of nitrogens with zero attached hydrogens (tertiary/aromatic N) is 1. The molecule has 0 rings (SSSR count). The highest BCUT2D eigenvalue weighted by molar-refractivity contribution is 4.82. The summed E-state index contributed by atoms with van der Waals surface area (Å²) in [7, 11) is 4.55. The Morgan fingerprint density at radius 3 is 1.22 bits per heavy atom. The first-order chi connectivity index (χ1) is 15.7. The minimum Gasteiger partial charge on any atom is -0.306 e. The van der Waals surface area contributed by atoms with Gasteiger partial charge in [0.2, 0.25) is 0 Å². The number of rotatable bonds is 26. The van der Waals surface area contributed by atoms with Crippen molar-refractivity contribution in [3.05, 3.63) is 12.2 Å². The van der Waals surface area contributed by atoms with Gasteiger partial charge in [-0.05, 0) is 52.6 Å². The molecule has 1 heteroatoms. The summed E-state index contributed by atoms with van der Waals surface area (Å²) in [4.78, 5) is 2.47. The average Bonchev–Trinajstić information content (AvgIpc) is 2.78. The predicted molar refractivity (Wildman–Crippen MR) is 149 cm³/mol. The fourth-order valence-electron chi connectivity index (χ4n) is 4.81. The fraction of sp³-hybridized carbons (Fsp3) is 0.935. The number of allylic oxidation sites excluding steroid dienone is 2. The summed E-state index contributed by atoms with van der Waals surface area (Å²) >= 11 is 0. The predicted octanol–water partition coefficient (Wildman–Crippen LogP) is 10.9. The molecule has 192 valence electrons. The van der Waals surface area contributed by atoms with E-state index in [1.54, 1.807) is 0 Å². The van der Waals surface area contributed by atoms with Crippen LogP contribution in [0.4, 0.5) is 0 Å². The number of hydrogen-bond acceptors (Lipinski definition) is 1. The molecular weight excluding hydrogens is 386 g/mol. The van der Waals surface area contributed by atoms with Crippen molar-refractivity contribution in [3.8, 4) is 0 Å². The Kier molecular flexibility index (Phi) is 26.7. The van der Waals surface area contributed by atoms with Crippen LogP contribution in [-0.2, 0) is 0 Å². The Morgan fingerprint density at radius 2 is 0.781 bits per heavy atom. The lowest BCUT2D eigenvalue weighted by atomic mass is 10.0. The summed E-state index contributed by atoms with van der Waals surface area (Å²) in [5.41, 5.74) is 0. The lowest BCUT2D eigenvalue weighted by Gasteiger charge is -2.24. The standard InChI is InChI=1S/C31H63N/c1-5-7-9-11-13-14-15-16-17-18-19-20-21-22-24-26-28-30-31(32(3)4)29-27-25-23-12-10-8-6-2/h22,24,31H,5-21,23,25-30H2,1-4H3. The maximum atomic E-state index is 2.47. The molecule has 1 unspecified atom stereocenters. The van der Waals surface area contributed by atoms with Gasteiger partial charge in [-0.3, -0.25) is 0 Å². The van der Waals surface area contributed by atoms with Gasteiger partial charge in [0.1, 0.15) is 0 Å². The quantitative estimate of drug-likeness (QED) is 0.0937. The molecule has 0 aromatic heterocycles. The van der Waals surface area contributed by atoms with Crippen LogP contribution in [0.3, 0.4) is 0 Å². The topological polar surface area (TPSA) is 3.24 Å². The van der Waals surface area contributed by atoms with E-state index in [1.165, 1.54) is 154 Å². The molecule has 0 spiro atoms. The Morgan fingerprint density at radius 1 is 0.438 bits per heavy atom. The Labute approximate surface area is 205 Å². The van der Waals surface area contributed by atoms with Crippen LogP contribution < -0.4 is 0 Å². The Balaban J connectivity index is 3.43. The van der Waals surface area contributed by atoms with Gasteiger partial charge in [-0.1, -0.05) is 142 Å². The third-order valence-corrected chi connectivity index (χ3v) is 7.17. The van der Waals surface area contributed by atoms with Gasteiger partial charge < -0.3 is 4.90 Å². The van der Waals surface area contributed by atoms with Crippen molar-refractivity contribution in [1.82, 2.24) is 4.90 Å². The molecule has 32 heavy (non-hydrogen) atoms. The zero-order valence-corrected chi connectivity index (χ0v) is 23.1. The van der Waals surface area contributed by atoms with Crippen LogP contribution in [0.15, 0.2) is 12.2 Å². The first-order valence-electron chi connectivity index (χ1n) is 15.0. The van der Waals surface area contributed by atoms with Gasteiger partial charge in [-0.15, -0.1) is 0 Å². The third kappa shape index (κ3) is 24.3. The van der Waals surface area contributed by atoms with E-state index in [0.717, 1.165) is 6.04 Å². The summed E-state index contributed by atoms with van der Waals surface area (Å²) in [5, 5.41) is 0. The van der Waals surface area contributed by atoms with Crippen LogP contribution in [0.25, 0.3) is 0 Å². The maximum absolute atomic E-state index is 2.47. The van der Waals surface area contributed by atoms with Crippen LogP contribution in [0.5, 0.6) is 0 Å². The van der Waals surface area contributed by atoms with Crippen LogP contribution in [0.1, 0.15) is 168 Å². The van der Waals surface area contributed by atoms with Crippen molar-refractivity contribution in [3.63, 3.8) is 0 Å². The lowest BCUT2D eigenvalue weighted by Crippen LogP contribution is -2.27. The number of hydrogen-bond donors (Lipinski definition) is 0. The first-order valence-corrected chi connectivity index (χ1v) is 15.0. The summed E-state index contributed by atoms with van der Waals surface area (Å²) in [6, 6.07) is 0.787. The van der Waals surface area contributed by atoms with E-state index in [-0.39, 0.29) is 0 Å². The molecule has 0 radical (unpaired) electrons. The zero-order chi connectivity index (χ0) is 23.5. The van der Waals surface area contributed by atoms with E-state index < -0.39 is 0 Å². The number of unbranched alkanes of at least 4 members (excludes halogenated alkanes) is 19. The summed E-state index contributed by atoms with van der Waals surface area (Å²) in [5.74, 6) is 0. The van der Waals surface area contributed by atoms with Crippen molar-refractivity contribution in [1.29, 1.82) is 0 Å². The van der Waals surface area contributed by atoms with Crippen molar-refractivity contribution in [2.75, 3.05) is 14.1 Å². The van der Waals surface area contributed by atoms with E-state index in [4.69, 9.17) is 0 Å². The fourth-order valence-corrected chi connectivity index (χ4v) is 4.81. The van der Waals surface area contributed by atoms with E-state index >= 15 is 0 Å². The van der Waals surface area contributed by atoms with Crippen molar-refractivity contribution in [2.45, 2.75) is 174 Å². The highest BCUT2D eigenvalue weighted by atomic mass is 15.1. The van der Waals surface area contributed by atoms with Crippen molar-refractivity contribution >= 4 is 0 Å². The second-order valence-corrected chi connectivity index (χ2v) is 10.6. The van der Waals surface area contributed by atoms with Gasteiger partial charge in [-0.25, -0.2) is 0 Å². The molecule has 1 atom stereocenters. The molecule has 0 heterocycles. The molecule has 0 saturated heterocycles. The van der Waals surface area contributed by atoms with Crippen LogP contribution in [0, 0.1) is 0 Å². The van der Waals surface area contributed by atoms with Gasteiger partial charge in [-0.2, -0.15) is 0 Å². The Hall–Kier alpha value is -0.300. The lowest BCUT2D eigenvalue weighted by molar-refractivity contribution is 0.254. The van der Waals surface area contributed by atoms with E-state index in [1.807, 2.05) is 0 Å². The highest BCUT2D eigenvalue weighted by Crippen LogP contribution is 2.16. The minimum absolute atomic E-state index is 0.787. The normalized spacial score (nSPS) is 12.9. The highest BCUT2D eigenvalue weighted by Gasteiger charge is 2.10. The largest absolute Gasteiger partial charge is 0.306 e. The van der Waals surface area contributed by atoms with E-state index in [0.29, 0.717) is 0 Å². The van der Waals surface area contributed by atoms with Crippen LogP contribution >= 0.6 is 0 Å². The van der Waals surface area contributed by atoms with Gasteiger partial charge in [0, 0.05) is 6.04 Å². The van der Waals surface area contributed by atoms with Crippen LogP contribution in [0.2, 0.25) is 0 Å². The van der Waals surface area contributed by atoms with Crippen LogP contribution in [-0.4, -0.2) is 25.0 Å². The zero-order valence-electron chi connectivity index (χ0n) is 23.1. The molecule has 0 N–H and O–H groups in total. The summed E-state index contributed by atoms with van der Waals surface area (Å²) in [6.07, 6.45) is 38.9. The summed E-state index contributed by atoms with van der Waals surface area (Å²) < 4.78 is 0. The van der Waals surface area contributed by atoms with Gasteiger partial charge in [0.05, 0.1) is 0 Å². The molecule has 1 nitrogen and oxygen atoms in total. The molecule has 0 aliphatic heterocycles. The van der Waals surface area contributed by atoms with E-state index in [2.05, 4.69) is 45.0 Å².